The number of carbonyl (C=O) groups is 1. The monoisotopic (exact) mass is 311 g/mol. The summed E-state index contributed by atoms with van der Waals surface area (Å²) in [5.41, 5.74) is 6.22. The van der Waals surface area contributed by atoms with Gasteiger partial charge in [0.15, 0.2) is 0 Å². The van der Waals surface area contributed by atoms with Crippen molar-refractivity contribution in [2.75, 3.05) is 11.1 Å². The first-order valence-electron chi connectivity index (χ1n) is 6.92. The number of nitrogens with two attached hydrogens (primary N) is 1. The number of nitrogen functional groups attached to an aromatic ring is 1. The number of nitrogens with one attached hydrogen (secondary N) is 1. The van der Waals surface area contributed by atoms with Crippen LogP contribution in [0.2, 0.25) is 0 Å². The van der Waals surface area contributed by atoms with Crippen molar-refractivity contribution in [3.8, 4) is 0 Å². The Morgan fingerprint density at radius 1 is 1.17 bits per heavy atom. The lowest BCUT2D eigenvalue weighted by molar-refractivity contribution is 0.102. The molecule has 1 aromatic heterocycles. The van der Waals surface area contributed by atoms with Gasteiger partial charge in [0.25, 0.3) is 5.91 Å². The number of para-hydroxylation sites is 1. The maximum absolute atomic E-state index is 13.6. The van der Waals surface area contributed by atoms with Gasteiger partial charge < -0.3 is 15.6 Å². The van der Waals surface area contributed by atoms with Gasteiger partial charge in [0.05, 0.1) is 16.6 Å². The number of nitrogens with zero attached hydrogens (tertiary/aromatic N) is 1. The third-order valence-corrected chi connectivity index (χ3v) is 3.62. The molecule has 0 fully saturated rings. The number of benzene rings is 2. The highest BCUT2D eigenvalue weighted by Gasteiger charge is 2.17. The van der Waals surface area contributed by atoms with Crippen LogP contribution in [-0.4, -0.2) is 10.5 Å². The first kappa shape index (κ1) is 14.8. The molecule has 3 rings (SSSR count). The third kappa shape index (κ3) is 2.55. The lowest BCUT2D eigenvalue weighted by atomic mass is 10.1. The summed E-state index contributed by atoms with van der Waals surface area (Å²) < 4.78 is 15.3. The van der Waals surface area contributed by atoms with Gasteiger partial charge >= 0.3 is 0 Å². The van der Waals surface area contributed by atoms with E-state index < -0.39 is 17.2 Å². The summed E-state index contributed by atoms with van der Waals surface area (Å²) >= 11 is 0. The second kappa shape index (κ2) is 5.57. The van der Waals surface area contributed by atoms with E-state index in [9.17, 15) is 14.0 Å². The smallest absolute Gasteiger partial charge is 0.261 e. The Balaban J connectivity index is 2.12. The van der Waals surface area contributed by atoms with Crippen LogP contribution in [0.4, 0.5) is 15.8 Å². The van der Waals surface area contributed by atoms with E-state index >= 15 is 0 Å². The van der Waals surface area contributed by atoms with E-state index in [-0.39, 0.29) is 16.6 Å². The van der Waals surface area contributed by atoms with E-state index in [1.165, 1.54) is 24.4 Å². The van der Waals surface area contributed by atoms with Crippen molar-refractivity contribution in [2.45, 2.75) is 0 Å². The molecule has 0 aliphatic rings. The summed E-state index contributed by atoms with van der Waals surface area (Å²) in [6.07, 6.45) is 1.42. The fourth-order valence-corrected chi connectivity index (χ4v) is 2.47. The molecule has 1 amide bonds. The zero-order chi connectivity index (χ0) is 16.6. The second-order valence-corrected chi connectivity index (χ2v) is 5.16. The number of fused-ring (bicyclic) bond motifs is 1. The van der Waals surface area contributed by atoms with Gasteiger partial charge in [-0.05, 0) is 24.3 Å². The van der Waals surface area contributed by atoms with Gasteiger partial charge in [-0.25, -0.2) is 4.39 Å². The summed E-state index contributed by atoms with van der Waals surface area (Å²) in [5, 5.41) is 2.68. The van der Waals surface area contributed by atoms with Crippen LogP contribution in [0.3, 0.4) is 0 Å². The molecule has 23 heavy (non-hydrogen) atoms. The molecular formula is C17H14FN3O2. The molecule has 0 saturated heterocycles. The van der Waals surface area contributed by atoms with Crippen molar-refractivity contribution >= 4 is 28.2 Å². The maximum atomic E-state index is 13.6. The lowest BCUT2D eigenvalue weighted by Crippen LogP contribution is -2.24. The zero-order valence-electron chi connectivity index (χ0n) is 12.3. The molecule has 0 radical (unpaired) electrons. The average molecular weight is 311 g/mol. The Bertz CT molecular complexity index is 979. The number of halogens is 1. The Morgan fingerprint density at radius 2 is 1.91 bits per heavy atom. The summed E-state index contributed by atoms with van der Waals surface area (Å²) in [6, 6.07) is 10.8. The van der Waals surface area contributed by atoms with E-state index in [4.69, 9.17) is 5.73 Å². The van der Waals surface area contributed by atoms with Gasteiger partial charge in [-0.3, -0.25) is 9.59 Å². The van der Waals surface area contributed by atoms with Crippen LogP contribution in [0.25, 0.3) is 10.9 Å². The standard InChI is InChI=1S/C17H14FN3O2/c1-21-9-10(16(22)15-12(19)6-4-8-14(15)21)17(23)20-13-7-3-2-5-11(13)18/h2-9H,19H2,1H3,(H,20,23). The van der Waals surface area contributed by atoms with Crippen LogP contribution >= 0.6 is 0 Å². The molecule has 5 nitrogen and oxygen atoms in total. The number of aryl methyl sites for hydroxylation is 1. The van der Waals surface area contributed by atoms with E-state index in [0.717, 1.165) is 0 Å². The van der Waals surface area contributed by atoms with Crippen molar-refractivity contribution in [3.05, 3.63) is 70.3 Å². The fraction of sp³-hybridized carbons (Fsp3) is 0.0588. The zero-order valence-corrected chi connectivity index (χ0v) is 12.3. The van der Waals surface area contributed by atoms with Crippen LogP contribution in [0.1, 0.15) is 10.4 Å². The molecule has 1 heterocycles. The molecule has 3 aromatic rings. The molecule has 2 aromatic carbocycles. The summed E-state index contributed by atoms with van der Waals surface area (Å²) in [5.74, 6) is -1.25. The first-order valence-corrected chi connectivity index (χ1v) is 6.92. The summed E-state index contributed by atoms with van der Waals surface area (Å²) in [7, 11) is 1.71. The van der Waals surface area contributed by atoms with Crippen molar-refractivity contribution in [2.24, 2.45) is 7.05 Å². The number of carbonyl (C=O) groups excluding carboxylic acids is 1. The third-order valence-electron chi connectivity index (χ3n) is 3.62. The number of rotatable bonds is 2. The van der Waals surface area contributed by atoms with Crippen molar-refractivity contribution in [1.82, 2.24) is 4.57 Å². The van der Waals surface area contributed by atoms with Crippen LogP contribution < -0.4 is 16.5 Å². The van der Waals surface area contributed by atoms with Crippen LogP contribution in [-0.2, 0) is 7.05 Å². The topological polar surface area (TPSA) is 77.1 Å². The predicted molar refractivity (Wildman–Crippen MR) is 88.0 cm³/mol. The fourth-order valence-electron chi connectivity index (χ4n) is 2.47. The summed E-state index contributed by atoms with van der Waals surface area (Å²) in [4.78, 5) is 24.9. The van der Waals surface area contributed by atoms with Crippen molar-refractivity contribution in [1.29, 1.82) is 0 Å². The number of amides is 1. The van der Waals surface area contributed by atoms with E-state index in [1.54, 1.807) is 35.9 Å². The highest BCUT2D eigenvalue weighted by atomic mass is 19.1. The van der Waals surface area contributed by atoms with Gasteiger partial charge in [-0.2, -0.15) is 0 Å². The van der Waals surface area contributed by atoms with E-state index in [2.05, 4.69) is 5.32 Å². The normalized spacial score (nSPS) is 10.7. The lowest BCUT2D eigenvalue weighted by Gasteiger charge is -2.11. The molecule has 0 saturated carbocycles. The molecule has 116 valence electrons. The van der Waals surface area contributed by atoms with Crippen molar-refractivity contribution < 1.29 is 9.18 Å². The van der Waals surface area contributed by atoms with Gasteiger partial charge in [0, 0.05) is 18.9 Å². The van der Waals surface area contributed by atoms with Gasteiger partial charge in [-0.15, -0.1) is 0 Å². The van der Waals surface area contributed by atoms with Crippen LogP contribution in [0, 0.1) is 5.82 Å². The Hall–Kier alpha value is -3.15. The highest BCUT2D eigenvalue weighted by molar-refractivity contribution is 6.06. The highest BCUT2D eigenvalue weighted by Crippen LogP contribution is 2.18. The van der Waals surface area contributed by atoms with Crippen LogP contribution in [0.15, 0.2) is 53.5 Å². The number of hydrogen-bond acceptors (Lipinski definition) is 3. The second-order valence-electron chi connectivity index (χ2n) is 5.16. The molecule has 0 bridgehead atoms. The summed E-state index contributed by atoms with van der Waals surface area (Å²) in [6.45, 7) is 0. The molecule has 0 aliphatic carbocycles. The molecule has 0 aliphatic heterocycles. The molecule has 0 unspecified atom stereocenters. The van der Waals surface area contributed by atoms with E-state index in [1.807, 2.05) is 0 Å². The minimum Gasteiger partial charge on any atom is -0.398 e. The average Bonchev–Trinajstić information content (AvgIpc) is 2.53. The Labute approximate surface area is 131 Å². The minimum atomic E-state index is -0.680. The minimum absolute atomic E-state index is 0.0145. The maximum Gasteiger partial charge on any atom is 0.261 e. The predicted octanol–water partition coefficient (Wildman–Crippen LogP) is 2.51. The van der Waals surface area contributed by atoms with E-state index in [0.29, 0.717) is 11.2 Å². The largest absolute Gasteiger partial charge is 0.398 e. The number of pyridine rings is 1. The van der Waals surface area contributed by atoms with Crippen LogP contribution in [0.5, 0.6) is 0 Å². The quantitative estimate of drug-likeness (QED) is 0.714. The van der Waals surface area contributed by atoms with Gasteiger partial charge in [0.1, 0.15) is 11.4 Å². The molecule has 3 N–H and O–H groups in total. The molecule has 0 spiro atoms. The first-order chi connectivity index (χ1) is 11.0. The number of anilines is 2. The number of aromatic nitrogens is 1. The Morgan fingerprint density at radius 3 is 2.65 bits per heavy atom. The van der Waals surface area contributed by atoms with Gasteiger partial charge in [-0.1, -0.05) is 18.2 Å². The Kier molecular flexibility index (Phi) is 3.57. The molecule has 6 heteroatoms. The van der Waals surface area contributed by atoms with Gasteiger partial charge in [0.2, 0.25) is 5.43 Å². The SMILES string of the molecule is Cn1cc(C(=O)Nc2ccccc2F)c(=O)c2c(N)cccc21. The number of hydrogen-bond donors (Lipinski definition) is 2. The molecule has 0 atom stereocenters. The van der Waals surface area contributed by atoms with Crippen molar-refractivity contribution in [3.63, 3.8) is 0 Å². The molecular weight excluding hydrogens is 297 g/mol.